The molecule has 1 aromatic carbocycles. The minimum Gasteiger partial charge on any atom is -0.369 e. The fourth-order valence-electron chi connectivity index (χ4n) is 1.38. The van der Waals surface area contributed by atoms with Crippen LogP contribution in [0.4, 0.5) is 18.9 Å². The van der Waals surface area contributed by atoms with Crippen LogP contribution in [0.25, 0.3) is 0 Å². The van der Waals surface area contributed by atoms with E-state index in [1.165, 1.54) is 24.1 Å². The highest BCUT2D eigenvalue weighted by Gasteiger charge is 2.33. The number of anilines is 1. The molecule has 0 saturated carbocycles. The average Bonchev–Trinajstić information content (AvgIpc) is 2.27. The van der Waals surface area contributed by atoms with Gasteiger partial charge in [0.2, 0.25) is 0 Å². The van der Waals surface area contributed by atoms with Crippen LogP contribution in [0.15, 0.2) is 22.7 Å². The second-order valence-electron chi connectivity index (χ2n) is 3.73. The molecule has 0 saturated heterocycles. The zero-order valence-electron chi connectivity index (χ0n) is 9.83. The van der Waals surface area contributed by atoms with E-state index in [0.29, 0.717) is 5.69 Å². The summed E-state index contributed by atoms with van der Waals surface area (Å²) < 4.78 is 42.7. The minimum absolute atomic E-state index is 0.0144. The number of aliphatic hydroxyl groups excluding tert-OH is 1. The Bertz CT molecular complexity index is 412. The first-order valence-electron chi connectivity index (χ1n) is 5.04. The third kappa shape index (κ3) is 3.86. The highest BCUT2D eigenvalue weighted by atomic mass is 79.9. The van der Waals surface area contributed by atoms with Gasteiger partial charge in [-0.2, -0.15) is 13.2 Å². The molecule has 3 nitrogen and oxygen atoms in total. The zero-order valence-corrected chi connectivity index (χ0v) is 11.4. The summed E-state index contributed by atoms with van der Waals surface area (Å²) in [5.41, 5.74) is -0.402. The number of ether oxygens (including phenoxy) is 1. The number of benzene rings is 1. The third-order valence-corrected chi connectivity index (χ3v) is 3.09. The number of alkyl halides is 3. The number of methoxy groups -OCH3 is 1. The van der Waals surface area contributed by atoms with Crippen molar-refractivity contribution in [3.8, 4) is 0 Å². The van der Waals surface area contributed by atoms with Crippen LogP contribution < -0.4 is 4.90 Å². The number of likely N-dealkylation sites (N-methyl/N-ethyl adjacent to an activating group) is 1. The van der Waals surface area contributed by atoms with E-state index in [2.05, 4.69) is 20.7 Å². The van der Waals surface area contributed by atoms with E-state index in [0.717, 1.165) is 6.07 Å². The predicted octanol–water partition coefficient (Wildman–Crippen LogP) is 2.87. The number of halogens is 4. The Kier molecular flexibility index (Phi) is 5.01. The highest BCUT2D eigenvalue weighted by molar-refractivity contribution is 9.10. The van der Waals surface area contributed by atoms with E-state index in [1.807, 2.05) is 0 Å². The van der Waals surface area contributed by atoms with Crippen molar-refractivity contribution in [2.75, 3.05) is 25.6 Å². The van der Waals surface area contributed by atoms with Crippen LogP contribution in [0, 0.1) is 0 Å². The van der Waals surface area contributed by atoms with Crippen LogP contribution in [0.3, 0.4) is 0 Å². The van der Waals surface area contributed by atoms with Crippen molar-refractivity contribution in [1.82, 2.24) is 0 Å². The number of rotatable bonds is 4. The molecule has 0 heterocycles. The van der Waals surface area contributed by atoms with Gasteiger partial charge in [-0.15, -0.1) is 0 Å². The molecule has 1 rings (SSSR count). The Labute approximate surface area is 111 Å². The Balaban J connectivity index is 2.98. The highest BCUT2D eigenvalue weighted by Crippen LogP contribution is 2.36. The molecule has 0 spiro atoms. The first kappa shape index (κ1) is 15.3. The second kappa shape index (κ2) is 5.90. The predicted molar refractivity (Wildman–Crippen MR) is 65.4 cm³/mol. The molecule has 1 atom stereocenters. The van der Waals surface area contributed by atoms with Gasteiger partial charge in [0, 0.05) is 24.3 Å². The van der Waals surface area contributed by atoms with E-state index < -0.39 is 18.0 Å². The summed E-state index contributed by atoms with van der Waals surface area (Å²) >= 11 is 2.87. The smallest absolute Gasteiger partial charge is 0.369 e. The molecular formula is C11H13BrF3NO2. The van der Waals surface area contributed by atoms with Crippen LogP contribution >= 0.6 is 15.9 Å². The Morgan fingerprint density at radius 2 is 2.06 bits per heavy atom. The summed E-state index contributed by atoms with van der Waals surface area (Å²) in [6.07, 6.45) is -5.47. The fourth-order valence-corrected chi connectivity index (χ4v) is 1.85. The van der Waals surface area contributed by atoms with Gasteiger partial charge in [0.15, 0.2) is 6.29 Å². The van der Waals surface area contributed by atoms with Crippen molar-refractivity contribution in [1.29, 1.82) is 0 Å². The molecular weight excluding hydrogens is 315 g/mol. The number of aliphatic hydroxyl groups is 1. The number of hydrogen-bond donors (Lipinski definition) is 1. The van der Waals surface area contributed by atoms with Crippen molar-refractivity contribution < 1.29 is 23.0 Å². The van der Waals surface area contributed by atoms with Crippen molar-refractivity contribution in [2.24, 2.45) is 0 Å². The first-order chi connectivity index (χ1) is 8.25. The molecule has 0 radical (unpaired) electrons. The molecule has 1 unspecified atom stereocenters. The maximum atomic E-state index is 12.7. The normalized spacial score (nSPS) is 13.5. The number of hydrogen-bond acceptors (Lipinski definition) is 3. The molecule has 0 aliphatic heterocycles. The lowest BCUT2D eigenvalue weighted by atomic mass is 10.2. The van der Waals surface area contributed by atoms with E-state index >= 15 is 0 Å². The standard InChI is InChI=1S/C11H13BrF3NO2/c1-16(6-10(17)18-2)7-3-4-9(12)8(5-7)11(13,14)15/h3-5,10,17H,6H2,1-2H3. The molecule has 0 fully saturated rings. The lowest BCUT2D eigenvalue weighted by molar-refractivity contribution is -0.138. The lowest BCUT2D eigenvalue weighted by Crippen LogP contribution is -2.30. The summed E-state index contributed by atoms with van der Waals surface area (Å²) in [6, 6.07) is 3.88. The van der Waals surface area contributed by atoms with Crippen LogP contribution in [0.1, 0.15) is 5.56 Å². The van der Waals surface area contributed by atoms with Crippen LogP contribution in [-0.2, 0) is 10.9 Å². The zero-order chi connectivity index (χ0) is 13.9. The summed E-state index contributed by atoms with van der Waals surface area (Å²) in [4.78, 5) is 1.48. The van der Waals surface area contributed by atoms with E-state index in [9.17, 15) is 18.3 Å². The van der Waals surface area contributed by atoms with Gasteiger partial charge in [0.05, 0.1) is 12.1 Å². The van der Waals surface area contributed by atoms with Gasteiger partial charge in [-0.1, -0.05) is 15.9 Å². The van der Waals surface area contributed by atoms with Gasteiger partial charge >= 0.3 is 6.18 Å². The van der Waals surface area contributed by atoms with Gasteiger partial charge in [-0.05, 0) is 18.2 Å². The summed E-state index contributed by atoms with van der Waals surface area (Å²) in [6.45, 7) is 0.0788. The Morgan fingerprint density at radius 1 is 1.44 bits per heavy atom. The largest absolute Gasteiger partial charge is 0.417 e. The van der Waals surface area contributed by atoms with Crippen molar-refractivity contribution in [2.45, 2.75) is 12.5 Å². The quantitative estimate of drug-likeness (QED) is 0.863. The Morgan fingerprint density at radius 3 is 2.56 bits per heavy atom. The second-order valence-corrected chi connectivity index (χ2v) is 4.59. The van der Waals surface area contributed by atoms with E-state index in [1.54, 1.807) is 7.05 Å². The molecule has 0 aliphatic rings. The van der Waals surface area contributed by atoms with Gasteiger partial charge in [-0.25, -0.2) is 0 Å². The molecule has 102 valence electrons. The topological polar surface area (TPSA) is 32.7 Å². The minimum atomic E-state index is -4.42. The van der Waals surface area contributed by atoms with Crippen molar-refractivity contribution >= 4 is 21.6 Å². The van der Waals surface area contributed by atoms with Gasteiger partial charge < -0.3 is 14.7 Å². The van der Waals surface area contributed by atoms with Crippen LogP contribution in [-0.4, -0.2) is 32.1 Å². The SMILES string of the molecule is COC(O)CN(C)c1ccc(Br)c(C(F)(F)F)c1. The molecule has 0 amide bonds. The molecule has 1 N–H and O–H groups in total. The van der Waals surface area contributed by atoms with Gasteiger partial charge in [0.1, 0.15) is 0 Å². The number of nitrogens with zero attached hydrogens (tertiary/aromatic N) is 1. The molecule has 0 bridgehead atoms. The van der Waals surface area contributed by atoms with E-state index in [4.69, 9.17) is 0 Å². The Hall–Kier alpha value is -0.790. The van der Waals surface area contributed by atoms with Crippen molar-refractivity contribution in [3.05, 3.63) is 28.2 Å². The fraction of sp³-hybridized carbons (Fsp3) is 0.455. The van der Waals surface area contributed by atoms with E-state index in [-0.39, 0.29) is 11.0 Å². The molecule has 7 heteroatoms. The average molecular weight is 328 g/mol. The van der Waals surface area contributed by atoms with Crippen LogP contribution in [0.2, 0.25) is 0 Å². The molecule has 18 heavy (non-hydrogen) atoms. The van der Waals surface area contributed by atoms with Gasteiger partial charge in [-0.3, -0.25) is 0 Å². The summed E-state index contributed by atoms with van der Waals surface area (Å²) in [7, 11) is 2.90. The monoisotopic (exact) mass is 327 g/mol. The van der Waals surface area contributed by atoms with Crippen molar-refractivity contribution in [3.63, 3.8) is 0 Å². The third-order valence-electron chi connectivity index (χ3n) is 2.40. The maximum Gasteiger partial charge on any atom is 0.417 e. The lowest BCUT2D eigenvalue weighted by Gasteiger charge is -2.23. The molecule has 0 aliphatic carbocycles. The van der Waals surface area contributed by atoms with Crippen LogP contribution in [0.5, 0.6) is 0 Å². The molecule has 0 aromatic heterocycles. The summed E-state index contributed by atoms with van der Waals surface area (Å²) in [5, 5.41) is 9.28. The maximum absolute atomic E-state index is 12.7. The molecule has 1 aromatic rings. The first-order valence-corrected chi connectivity index (χ1v) is 5.83. The summed E-state index contributed by atoms with van der Waals surface area (Å²) in [5.74, 6) is 0. The van der Waals surface area contributed by atoms with Gasteiger partial charge in [0.25, 0.3) is 0 Å².